The highest BCUT2D eigenvalue weighted by Gasteiger charge is 2.19. The summed E-state index contributed by atoms with van der Waals surface area (Å²) in [4.78, 5) is 10.6. The Hall–Kier alpha value is -5.80. The van der Waals surface area contributed by atoms with E-state index in [-0.39, 0.29) is 0 Å². The lowest BCUT2D eigenvalue weighted by Crippen LogP contribution is -1.99. The van der Waals surface area contributed by atoms with Gasteiger partial charge in [-0.3, -0.25) is 4.57 Å². The Morgan fingerprint density at radius 1 is 0.533 bits per heavy atom. The Kier molecular flexibility index (Phi) is 5.79. The van der Waals surface area contributed by atoms with E-state index in [0.29, 0.717) is 0 Å². The number of aryl methyl sites for hydroxylation is 1. The first-order valence-electron chi connectivity index (χ1n) is 15.6. The third-order valence-electron chi connectivity index (χ3n) is 9.13. The molecule has 0 atom stereocenters. The summed E-state index contributed by atoms with van der Waals surface area (Å²) in [6.45, 7) is 2.17. The molecule has 0 N–H and O–H groups in total. The Morgan fingerprint density at radius 2 is 1.20 bits per heavy atom. The van der Waals surface area contributed by atoms with Gasteiger partial charge in [0.1, 0.15) is 5.82 Å². The molecule has 0 bridgehead atoms. The van der Waals surface area contributed by atoms with Gasteiger partial charge in [0.2, 0.25) is 0 Å². The summed E-state index contributed by atoms with van der Waals surface area (Å²) < 4.78 is 2.29. The van der Waals surface area contributed by atoms with E-state index in [2.05, 4.69) is 157 Å². The minimum atomic E-state index is 0.829. The molecule has 0 amide bonds. The lowest BCUT2D eigenvalue weighted by atomic mass is 9.92. The summed E-state index contributed by atoms with van der Waals surface area (Å²) in [5.74, 6) is 1.04. The summed E-state index contributed by atoms with van der Waals surface area (Å²) in [5, 5.41) is 8.49. The number of imidazole rings is 1. The molecule has 0 aliphatic heterocycles. The number of hydrogen-bond acceptors (Lipinski definition) is 2. The summed E-state index contributed by atoms with van der Waals surface area (Å²) in [6.07, 6.45) is 0.829. The van der Waals surface area contributed by atoms with Gasteiger partial charge in [-0.15, -0.1) is 0 Å². The Morgan fingerprint density at radius 3 is 2.00 bits per heavy atom. The van der Waals surface area contributed by atoms with Crippen molar-refractivity contribution in [2.45, 2.75) is 13.3 Å². The molecule has 2 heterocycles. The molecule has 0 unspecified atom stereocenters. The van der Waals surface area contributed by atoms with E-state index >= 15 is 0 Å². The van der Waals surface area contributed by atoms with Crippen LogP contribution in [0.3, 0.4) is 0 Å². The number of pyridine rings is 1. The van der Waals surface area contributed by atoms with E-state index in [1.807, 2.05) is 0 Å². The lowest BCUT2D eigenvalue weighted by Gasteiger charge is -2.13. The number of rotatable bonds is 4. The maximum absolute atomic E-state index is 5.31. The summed E-state index contributed by atoms with van der Waals surface area (Å²) in [5.41, 5.74) is 8.68. The smallest absolute Gasteiger partial charge is 0.114 e. The highest BCUT2D eigenvalue weighted by atomic mass is 15.1. The van der Waals surface area contributed by atoms with E-state index in [9.17, 15) is 0 Å². The first-order chi connectivity index (χ1) is 22.3. The molecule has 0 aliphatic carbocycles. The zero-order valence-electron chi connectivity index (χ0n) is 24.9. The van der Waals surface area contributed by atoms with E-state index in [1.165, 1.54) is 38.1 Å². The zero-order chi connectivity index (χ0) is 29.9. The van der Waals surface area contributed by atoms with Gasteiger partial charge in [0, 0.05) is 28.4 Å². The SMILES string of the molecule is CCc1nc2c3c(-c4ccc(-c5cc6ccccc6c6ccccc56)cc4)nc4ccccc4c3ccc2n1-c1ccccc1. The first kappa shape index (κ1) is 25.7. The Bertz CT molecular complexity index is 2560. The van der Waals surface area contributed by atoms with E-state index in [0.717, 1.165) is 56.5 Å². The summed E-state index contributed by atoms with van der Waals surface area (Å²) >= 11 is 0. The molecular weight excluding hydrogens is 546 g/mol. The van der Waals surface area contributed by atoms with Crippen molar-refractivity contribution < 1.29 is 0 Å². The normalized spacial score (nSPS) is 11.8. The van der Waals surface area contributed by atoms with Gasteiger partial charge in [-0.1, -0.05) is 122 Å². The molecule has 9 aromatic rings. The van der Waals surface area contributed by atoms with Crippen molar-refractivity contribution in [2.75, 3.05) is 0 Å². The average molecular weight is 576 g/mol. The molecule has 7 aromatic carbocycles. The molecule has 3 heteroatoms. The fourth-order valence-corrected chi connectivity index (χ4v) is 7.04. The molecular formula is C42H29N3. The van der Waals surface area contributed by atoms with E-state index in [1.54, 1.807) is 0 Å². The second-order valence-electron chi connectivity index (χ2n) is 11.7. The number of nitrogens with zero attached hydrogens (tertiary/aromatic N) is 3. The molecule has 2 aromatic heterocycles. The van der Waals surface area contributed by atoms with Crippen molar-refractivity contribution in [3.63, 3.8) is 0 Å². The average Bonchev–Trinajstić information content (AvgIpc) is 3.50. The van der Waals surface area contributed by atoms with Gasteiger partial charge in [-0.2, -0.15) is 0 Å². The van der Waals surface area contributed by atoms with Crippen molar-refractivity contribution in [3.8, 4) is 28.1 Å². The van der Waals surface area contributed by atoms with E-state index in [4.69, 9.17) is 9.97 Å². The Balaban J connectivity index is 1.29. The standard InChI is InChI=1S/C42H29N3/c1-2-39-44-42-38(45(39)30-13-4-3-5-14-30)25-24-35-34-18-10-11-19-37(34)43-41(40(35)42)28-22-20-27(21-23-28)36-26-29-12-6-7-15-31(29)32-16-8-9-17-33(32)36/h3-26H,2H2,1H3. The van der Waals surface area contributed by atoms with Gasteiger partial charge in [0.05, 0.1) is 22.2 Å². The minimum Gasteiger partial charge on any atom is -0.296 e. The minimum absolute atomic E-state index is 0.829. The molecule has 0 radical (unpaired) electrons. The van der Waals surface area contributed by atoms with Crippen LogP contribution in [0.1, 0.15) is 12.7 Å². The number of para-hydroxylation sites is 2. The van der Waals surface area contributed by atoms with Crippen molar-refractivity contribution in [1.29, 1.82) is 0 Å². The van der Waals surface area contributed by atoms with E-state index < -0.39 is 0 Å². The van der Waals surface area contributed by atoms with Crippen LogP contribution in [0.4, 0.5) is 0 Å². The number of fused-ring (bicyclic) bond motifs is 8. The zero-order valence-corrected chi connectivity index (χ0v) is 24.9. The third kappa shape index (κ3) is 3.98. The second-order valence-corrected chi connectivity index (χ2v) is 11.7. The van der Waals surface area contributed by atoms with Crippen LogP contribution >= 0.6 is 0 Å². The molecule has 0 aliphatic rings. The molecule has 0 saturated heterocycles. The number of benzene rings is 7. The monoisotopic (exact) mass is 575 g/mol. The van der Waals surface area contributed by atoms with Gasteiger partial charge >= 0.3 is 0 Å². The van der Waals surface area contributed by atoms with Crippen LogP contribution in [-0.4, -0.2) is 14.5 Å². The van der Waals surface area contributed by atoms with Crippen LogP contribution in [0.5, 0.6) is 0 Å². The van der Waals surface area contributed by atoms with Crippen LogP contribution in [0.25, 0.3) is 82.3 Å². The molecule has 0 spiro atoms. The molecule has 0 saturated carbocycles. The van der Waals surface area contributed by atoms with Crippen LogP contribution in [0.2, 0.25) is 0 Å². The van der Waals surface area contributed by atoms with Gasteiger partial charge in [-0.05, 0) is 68.4 Å². The maximum atomic E-state index is 5.31. The van der Waals surface area contributed by atoms with Crippen molar-refractivity contribution in [3.05, 3.63) is 151 Å². The summed E-state index contributed by atoms with van der Waals surface area (Å²) in [6, 6.07) is 52.1. The van der Waals surface area contributed by atoms with Gasteiger partial charge < -0.3 is 0 Å². The van der Waals surface area contributed by atoms with Crippen molar-refractivity contribution in [1.82, 2.24) is 14.5 Å². The highest BCUT2D eigenvalue weighted by Crippen LogP contribution is 2.40. The van der Waals surface area contributed by atoms with Crippen LogP contribution in [0, 0.1) is 0 Å². The molecule has 0 fully saturated rings. The van der Waals surface area contributed by atoms with Crippen LogP contribution in [-0.2, 0) is 6.42 Å². The van der Waals surface area contributed by atoms with Gasteiger partial charge in [-0.25, -0.2) is 9.97 Å². The first-order valence-corrected chi connectivity index (χ1v) is 15.6. The third-order valence-corrected chi connectivity index (χ3v) is 9.13. The summed E-state index contributed by atoms with van der Waals surface area (Å²) in [7, 11) is 0. The fourth-order valence-electron chi connectivity index (χ4n) is 7.04. The molecule has 212 valence electrons. The van der Waals surface area contributed by atoms with Crippen LogP contribution < -0.4 is 0 Å². The molecule has 9 rings (SSSR count). The predicted octanol–water partition coefficient (Wildman–Crippen LogP) is 10.9. The van der Waals surface area contributed by atoms with Gasteiger partial charge in [0.15, 0.2) is 0 Å². The van der Waals surface area contributed by atoms with Crippen LogP contribution in [0.15, 0.2) is 146 Å². The largest absolute Gasteiger partial charge is 0.296 e. The number of hydrogen-bond donors (Lipinski definition) is 0. The topological polar surface area (TPSA) is 30.7 Å². The number of aromatic nitrogens is 3. The highest BCUT2D eigenvalue weighted by molar-refractivity contribution is 6.20. The molecule has 3 nitrogen and oxygen atoms in total. The second kappa shape index (κ2) is 10.1. The Labute approximate surface area is 261 Å². The van der Waals surface area contributed by atoms with Gasteiger partial charge in [0.25, 0.3) is 0 Å². The molecule has 45 heavy (non-hydrogen) atoms. The maximum Gasteiger partial charge on any atom is 0.114 e. The lowest BCUT2D eigenvalue weighted by molar-refractivity contribution is 0.908. The fraction of sp³-hybridized carbons (Fsp3) is 0.0476. The van der Waals surface area contributed by atoms with Crippen molar-refractivity contribution >= 4 is 54.3 Å². The van der Waals surface area contributed by atoms with Crippen molar-refractivity contribution in [2.24, 2.45) is 0 Å². The quantitative estimate of drug-likeness (QED) is 0.195. The predicted molar refractivity (Wildman–Crippen MR) is 189 cm³/mol.